The van der Waals surface area contributed by atoms with Gasteiger partial charge in [0.1, 0.15) is 5.82 Å². The van der Waals surface area contributed by atoms with Gasteiger partial charge in [0.2, 0.25) is 5.88 Å². The number of nitrogens with zero attached hydrogens (tertiary/aromatic N) is 1. The van der Waals surface area contributed by atoms with Crippen LogP contribution in [0, 0.1) is 5.92 Å². The van der Waals surface area contributed by atoms with E-state index in [0.29, 0.717) is 18.3 Å². The van der Waals surface area contributed by atoms with Gasteiger partial charge < -0.3 is 10.1 Å². The first kappa shape index (κ1) is 12.1. The van der Waals surface area contributed by atoms with Crippen LogP contribution in [0.2, 0.25) is 0 Å². The highest BCUT2D eigenvalue weighted by molar-refractivity contribution is 6.21. The summed E-state index contributed by atoms with van der Waals surface area (Å²) in [6, 6.07) is 5.60. The zero-order valence-corrected chi connectivity index (χ0v) is 10.1. The predicted octanol–water partition coefficient (Wildman–Crippen LogP) is 2.77. The second-order valence-electron chi connectivity index (χ2n) is 3.71. The molecule has 0 saturated carbocycles. The van der Waals surface area contributed by atoms with Crippen molar-refractivity contribution >= 4 is 17.4 Å². The quantitative estimate of drug-likeness (QED) is 0.787. The third-order valence-electron chi connectivity index (χ3n) is 2.13. The lowest BCUT2D eigenvalue weighted by molar-refractivity contribution is 0.398. The smallest absolute Gasteiger partial charge is 0.214 e. The predicted molar refractivity (Wildman–Crippen MR) is 63.8 cm³/mol. The molecule has 0 aromatic carbocycles. The normalized spacial score (nSPS) is 12.6. The highest BCUT2D eigenvalue weighted by atomic mass is 35.5. The molecule has 0 fully saturated rings. The van der Waals surface area contributed by atoms with E-state index in [1.54, 1.807) is 7.11 Å². The molecule has 0 aliphatic rings. The Hall–Kier alpha value is -0.960. The molecule has 0 aliphatic carbocycles. The van der Waals surface area contributed by atoms with Gasteiger partial charge in [-0.05, 0) is 12.0 Å². The number of aromatic nitrogens is 1. The first-order chi connectivity index (χ1) is 7.13. The number of anilines is 1. The fourth-order valence-electron chi connectivity index (χ4n) is 1.06. The number of alkyl halides is 1. The zero-order chi connectivity index (χ0) is 11.3. The molecule has 0 spiro atoms. The number of nitrogens with one attached hydrogen (secondary N) is 1. The van der Waals surface area contributed by atoms with E-state index in [9.17, 15) is 0 Å². The number of hydrogen-bond donors (Lipinski definition) is 1. The lowest BCUT2D eigenvalue weighted by atomic mass is 10.1. The average molecular weight is 229 g/mol. The van der Waals surface area contributed by atoms with Gasteiger partial charge in [-0.15, -0.1) is 11.6 Å². The lowest BCUT2D eigenvalue weighted by Gasteiger charge is -2.14. The van der Waals surface area contributed by atoms with Crippen molar-refractivity contribution in [3.63, 3.8) is 0 Å². The van der Waals surface area contributed by atoms with Gasteiger partial charge in [-0.2, -0.15) is 4.98 Å². The van der Waals surface area contributed by atoms with Gasteiger partial charge >= 0.3 is 0 Å². The van der Waals surface area contributed by atoms with Crippen LogP contribution in [0.3, 0.4) is 0 Å². The Bertz CT molecular complexity index is 304. The number of rotatable bonds is 5. The highest BCUT2D eigenvalue weighted by Crippen LogP contribution is 2.13. The minimum absolute atomic E-state index is 0.109. The SMILES string of the molecule is COc1cccc(NCC(Cl)C(C)C)n1. The molecule has 1 atom stereocenters. The van der Waals surface area contributed by atoms with Gasteiger partial charge in [-0.3, -0.25) is 0 Å². The second kappa shape index (κ2) is 5.81. The van der Waals surface area contributed by atoms with Crippen LogP contribution >= 0.6 is 11.6 Å². The van der Waals surface area contributed by atoms with Crippen molar-refractivity contribution in [3.05, 3.63) is 18.2 Å². The maximum atomic E-state index is 6.12. The third kappa shape index (κ3) is 3.96. The summed E-state index contributed by atoms with van der Waals surface area (Å²) in [6.45, 7) is 4.90. The van der Waals surface area contributed by atoms with Crippen LogP contribution in [-0.2, 0) is 0 Å². The Morgan fingerprint density at radius 1 is 1.47 bits per heavy atom. The van der Waals surface area contributed by atoms with Gasteiger partial charge in [0, 0.05) is 12.6 Å². The molecule has 0 aliphatic heterocycles. The average Bonchev–Trinajstić information content (AvgIpc) is 2.26. The van der Waals surface area contributed by atoms with Gasteiger partial charge in [0.25, 0.3) is 0 Å². The van der Waals surface area contributed by atoms with E-state index < -0.39 is 0 Å². The highest BCUT2D eigenvalue weighted by Gasteiger charge is 2.09. The molecule has 3 nitrogen and oxygen atoms in total. The van der Waals surface area contributed by atoms with Crippen molar-refractivity contribution in [2.45, 2.75) is 19.2 Å². The Kier molecular flexibility index (Phi) is 4.69. The molecule has 15 heavy (non-hydrogen) atoms. The molecule has 0 saturated heterocycles. The maximum absolute atomic E-state index is 6.12. The van der Waals surface area contributed by atoms with Crippen molar-refractivity contribution in [2.75, 3.05) is 19.0 Å². The van der Waals surface area contributed by atoms with Gasteiger partial charge in [0.05, 0.1) is 12.5 Å². The van der Waals surface area contributed by atoms with E-state index in [4.69, 9.17) is 16.3 Å². The van der Waals surface area contributed by atoms with Crippen molar-refractivity contribution in [3.8, 4) is 5.88 Å². The van der Waals surface area contributed by atoms with Crippen molar-refractivity contribution in [1.82, 2.24) is 4.98 Å². The molecule has 1 N–H and O–H groups in total. The van der Waals surface area contributed by atoms with Crippen LogP contribution in [-0.4, -0.2) is 24.0 Å². The van der Waals surface area contributed by atoms with E-state index in [1.807, 2.05) is 18.2 Å². The Labute approximate surface area is 95.8 Å². The van der Waals surface area contributed by atoms with Crippen LogP contribution in [0.25, 0.3) is 0 Å². The van der Waals surface area contributed by atoms with Gasteiger partial charge in [0.15, 0.2) is 0 Å². The second-order valence-corrected chi connectivity index (χ2v) is 4.27. The Morgan fingerprint density at radius 3 is 2.80 bits per heavy atom. The molecule has 1 aromatic rings. The minimum atomic E-state index is 0.109. The van der Waals surface area contributed by atoms with Crippen LogP contribution in [0.4, 0.5) is 5.82 Å². The van der Waals surface area contributed by atoms with E-state index in [1.165, 1.54) is 0 Å². The summed E-state index contributed by atoms with van der Waals surface area (Å²) >= 11 is 6.12. The number of pyridine rings is 1. The standard InChI is InChI=1S/C11H17ClN2O/c1-8(2)9(12)7-13-10-5-4-6-11(14-10)15-3/h4-6,8-9H,7H2,1-3H3,(H,13,14). The number of methoxy groups -OCH3 is 1. The van der Waals surface area contributed by atoms with E-state index in [0.717, 1.165) is 5.82 Å². The monoisotopic (exact) mass is 228 g/mol. The molecule has 1 unspecified atom stereocenters. The topological polar surface area (TPSA) is 34.1 Å². The number of halogens is 1. The minimum Gasteiger partial charge on any atom is -0.481 e. The first-order valence-corrected chi connectivity index (χ1v) is 5.46. The third-order valence-corrected chi connectivity index (χ3v) is 2.79. The van der Waals surface area contributed by atoms with Crippen molar-refractivity contribution in [2.24, 2.45) is 5.92 Å². The Balaban J connectivity index is 2.50. The van der Waals surface area contributed by atoms with Crippen LogP contribution in [0.5, 0.6) is 5.88 Å². The molecular weight excluding hydrogens is 212 g/mol. The molecule has 4 heteroatoms. The maximum Gasteiger partial charge on any atom is 0.214 e. The molecule has 1 aromatic heterocycles. The number of hydrogen-bond acceptors (Lipinski definition) is 3. The van der Waals surface area contributed by atoms with E-state index in [2.05, 4.69) is 24.1 Å². The molecule has 0 amide bonds. The molecule has 0 bridgehead atoms. The summed E-state index contributed by atoms with van der Waals surface area (Å²) in [5.41, 5.74) is 0. The first-order valence-electron chi connectivity index (χ1n) is 5.02. The van der Waals surface area contributed by atoms with Gasteiger partial charge in [-0.1, -0.05) is 19.9 Å². The molecule has 1 rings (SSSR count). The summed E-state index contributed by atoms with van der Waals surface area (Å²) in [5.74, 6) is 1.85. The van der Waals surface area contributed by atoms with Crippen LogP contribution in [0.15, 0.2) is 18.2 Å². The summed E-state index contributed by atoms with van der Waals surface area (Å²) < 4.78 is 5.03. The van der Waals surface area contributed by atoms with Gasteiger partial charge in [-0.25, -0.2) is 0 Å². The van der Waals surface area contributed by atoms with Crippen LogP contribution in [0.1, 0.15) is 13.8 Å². The number of ether oxygens (including phenoxy) is 1. The van der Waals surface area contributed by atoms with Crippen LogP contribution < -0.4 is 10.1 Å². The summed E-state index contributed by atoms with van der Waals surface area (Å²) in [7, 11) is 1.60. The van der Waals surface area contributed by atoms with Crippen molar-refractivity contribution in [1.29, 1.82) is 0 Å². The zero-order valence-electron chi connectivity index (χ0n) is 9.33. The summed E-state index contributed by atoms with van der Waals surface area (Å²) in [5, 5.41) is 3.29. The van der Waals surface area contributed by atoms with E-state index in [-0.39, 0.29) is 5.38 Å². The lowest BCUT2D eigenvalue weighted by Crippen LogP contribution is -2.19. The fraction of sp³-hybridized carbons (Fsp3) is 0.545. The van der Waals surface area contributed by atoms with Crippen molar-refractivity contribution < 1.29 is 4.74 Å². The molecule has 0 radical (unpaired) electrons. The molecular formula is C11H17ClN2O. The molecule has 84 valence electrons. The molecule has 1 heterocycles. The largest absolute Gasteiger partial charge is 0.481 e. The Morgan fingerprint density at radius 2 is 2.20 bits per heavy atom. The fourth-order valence-corrected chi connectivity index (χ4v) is 1.14. The summed E-state index contributed by atoms with van der Waals surface area (Å²) in [4.78, 5) is 4.23. The van der Waals surface area contributed by atoms with E-state index >= 15 is 0 Å². The summed E-state index contributed by atoms with van der Waals surface area (Å²) in [6.07, 6.45) is 0.